The van der Waals surface area contributed by atoms with Crippen LogP contribution in [0.15, 0.2) is 24.3 Å². The summed E-state index contributed by atoms with van der Waals surface area (Å²) in [5, 5.41) is 18.2. The molecule has 0 bridgehead atoms. The highest BCUT2D eigenvalue weighted by Gasteiger charge is 2.28. The highest BCUT2D eigenvalue weighted by molar-refractivity contribution is 5.81. The topological polar surface area (TPSA) is 73.6 Å². The first kappa shape index (κ1) is 13.4. The summed E-state index contributed by atoms with van der Waals surface area (Å²) >= 11 is 0. The average Bonchev–Trinajstić information content (AvgIpc) is 2.84. The first-order valence-electron chi connectivity index (χ1n) is 6.24. The maximum absolute atomic E-state index is 12.1. The summed E-state index contributed by atoms with van der Waals surface area (Å²) in [6, 6.07) is 8.72. The molecule has 0 aromatic heterocycles. The molecule has 1 heterocycles. The molecule has 1 aliphatic rings. The van der Waals surface area contributed by atoms with Crippen molar-refractivity contribution < 1.29 is 14.6 Å². The van der Waals surface area contributed by atoms with Crippen molar-refractivity contribution in [3.63, 3.8) is 0 Å². The number of nitriles is 1. The van der Waals surface area contributed by atoms with Gasteiger partial charge in [0.1, 0.15) is 5.75 Å². The summed E-state index contributed by atoms with van der Waals surface area (Å²) in [4.78, 5) is 13.7. The average molecular weight is 260 g/mol. The molecule has 1 aromatic carbocycles. The lowest BCUT2D eigenvalue weighted by Crippen LogP contribution is -2.39. The Labute approximate surface area is 112 Å². The first-order chi connectivity index (χ1) is 9.10. The van der Waals surface area contributed by atoms with Crippen LogP contribution >= 0.6 is 0 Å². The van der Waals surface area contributed by atoms with Gasteiger partial charge < -0.3 is 14.7 Å². The Hall–Kier alpha value is -2.06. The molecule has 0 aliphatic carbocycles. The van der Waals surface area contributed by atoms with Crippen LogP contribution in [-0.2, 0) is 4.79 Å². The van der Waals surface area contributed by atoms with Crippen LogP contribution in [0.4, 0.5) is 0 Å². The quantitative estimate of drug-likeness (QED) is 0.877. The minimum absolute atomic E-state index is 0.140. The van der Waals surface area contributed by atoms with Crippen molar-refractivity contribution in [2.45, 2.75) is 25.6 Å². The minimum Gasteiger partial charge on any atom is -0.481 e. The van der Waals surface area contributed by atoms with Gasteiger partial charge in [-0.3, -0.25) is 4.79 Å². The fraction of sp³-hybridized carbons (Fsp3) is 0.429. The molecule has 0 saturated carbocycles. The van der Waals surface area contributed by atoms with Gasteiger partial charge >= 0.3 is 0 Å². The fourth-order valence-corrected chi connectivity index (χ4v) is 2.09. The molecular formula is C14H16N2O3. The largest absolute Gasteiger partial charge is 0.481 e. The number of β-amino-alcohol motifs (C(OH)–C–C–N with tert-alkyl or cyclic N) is 1. The predicted molar refractivity (Wildman–Crippen MR) is 68.5 cm³/mol. The molecule has 1 amide bonds. The molecular weight excluding hydrogens is 244 g/mol. The van der Waals surface area contributed by atoms with E-state index in [4.69, 9.17) is 10.00 Å². The lowest BCUT2D eigenvalue weighted by molar-refractivity contribution is -0.137. The van der Waals surface area contributed by atoms with Gasteiger partial charge in [-0.2, -0.15) is 5.26 Å². The molecule has 1 aliphatic heterocycles. The number of rotatable bonds is 3. The number of nitrogens with zero attached hydrogens (tertiary/aromatic N) is 2. The number of amides is 1. The van der Waals surface area contributed by atoms with Crippen LogP contribution in [0.25, 0.3) is 0 Å². The number of aliphatic hydroxyl groups is 1. The molecule has 1 N–H and O–H groups in total. The number of benzene rings is 1. The van der Waals surface area contributed by atoms with E-state index < -0.39 is 12.2 Å². The Morgan fingerprint density at radius 1 is 1.63 bits per heavy atom. The second kappa shape index (κ2) is 5.72. The van der Waals surface area contributed by atoms with Crippen LogP contribution in [0.5, 0.6) is 5.75 Å². The molecule has 19 heavy (non-hydrogen) atoms. The molecule has 100 valence electrons. The number of likely N-dealkylation sites (tertiary alicyclic amines) is 1. The molecule has 0 radical (unpaired) electrons. The van der Waals surface area contributed by atoms with E-state index >= 15 is 0 Å². The summed E-state index contributed by atoms with van der Waals surface area (Å²) in [6.07, 6.45) is -0.445. The minimum atomic E-state index is -0.626. The maximum atomic E-state index is 12.1. The van der Waals surface area contributed by atoms with Crippen molar-refractivity contribution >= 4 is 5.91 Å². The Kier molecular flexibility index (Phi) is 4.03. The van der Waals surface area contributed by atoms with Gasteiger partial charge in [-0.05, 0) is 31.5 Å². The summed E-state index contributed by atoms with van der Waals surface area (Å²) in [5.41, 5.74) is 0.494. The van der Waals surface area contributed by atoms with E-state index in [9.17, 15) is 9.90 Å². The van der Waals surface area contributed by atoms with Crippen LogP contribution in [0.1, 0.15) is 18.9 Å². The van der Waals surface area contributed by atoms with E-state index in [1.165, 1.54) is 0 Å². The maximum Gasteiger partial charge on any atom is 0.263 e. The third-order valence-corrected chi connectivity index (χ3v) is 3.10. The van der Waals surface area contributed by atoms with Crippen LogP contribution in [0.2, 0.25) is 0 Å². The zero-order valence-electron chi connectivity index (χ0n) is 10.7. The summed E-state index contributed by atoms with van der Waals surface area (Å²) in [7, 11) is 0. The van der Waals surface area contributed by atoms with Gasteiger partial charge in [0.15, 0.2) is 6.10 Å². The molecule has 1 fully saturated rings. The van der Waals surface area contributed by atoms with Gasteiger partial charge in [-0.15, -0.1) is 0 Å². The van der Waals surface area contributed by atoms with E-state index in [0.717, 1.165) is 0 Å². The number of ether oxygens (including phenoxy) is 1. The number of carbonyl (C=O) groups excluding carboxylic acids is 1. The van der Waals surface area contributed by atoms with Gasteiger partial charge in [0.2, 0.25) is 0 Å². The summed E-state index contributed by atoms with van der Waals surface area (Å²) < 4.78 is 5.54. The zero-order chi connectivity index (χ0) is 13.8. The van der Waals surface area contributed by atoms with Crippen LogP contribution in [0.3, 0.4) is 0 Å². The van der Waals surface area contributed by atoms with Gasteiger partial charge in [-0.25, -0.2) is 0 Å². The van der Waals surface area contributed by atoms with Crippen molar-refractivity contribution in [1.29, 1.82) is 5.26 Å². The van der Waals surface area contributed by atoms with E-state index in [1.54, 1.807) is 36.1 Å². The second-order valence-corrected chi connectivity index (χ2v) is 4.63. The SMILES string of the molecule is CC(Oc1cccc(C#N)c1)C(=O)N1CC[C@@H](O)C1. The van der Waals surface area contributed by atoms with Gasteiger partial charge in [-0.1, -0.05) is 6.07 Å². The van der Waals surface area contributed by atoms with Gasteiger partial charge in [0, 0.05) is 13.1 Å². The normalized spacial score (nSPS) is 19.8. The highest BCUT2D eigenvalue weighted by atomic mass is 16.5. The fourth-order valence-electron chi connectivity index (χ4n) is 2.09. The third kappa shape index (κ3) is 3.24. The van der Waals surface area contributed by atoms with E-state index in [1.807, 2.05) is 6.07 Å². The van der Waals surface area contributed by atoms with E-state index in [0.29, 0.717) is 30.8 Å². The van der Waals surface area contributed by atoms with Crippen molar-refractivity contribution in [2.75, 3.05) is 13.1 Å². The molecule has 2 atom stereocenters. The molecule has 5 heteroatoms. The summed E-state index contributed by atoms with van der Waals surface area (Å²) in [5.74, 6) is 0.360. The number of aliphatic hydroxyl groups excluding tert-OH is 1. The Balaban J connectivity index is 1.98. The number of hydrogen-bond donors (Lipinski definition) is 1. The Morgan fingerprint density at radius 2 is 2.42 bits per heavy atom. The lowest BCUT2D eigenvalue weighted by atomic mass is 10.2. The molecule has 5 nitrogen and oxygen atoms in total. The van der Waals surface area contributed by atoms with E-state index in [2.05, 4.69) is 0 Å². The Bertz CT molecular complexity index is 510. The highest BCUT2D eigenvalue weighted by Crippen LogP contribution is 2.17. The monoisotopic (exact) mass is 260 g/mol. The predicted octanol–water partition coefficient (Wildman–Crippen LogP) is 0.919. The van der Waals surface area contributed by atoms with Crippen LogP contribution in [0, 0.1) is 11.3 Å². The van der Waals surface area contributed by atoms with Gasteiger partial charge in [0.25, 0.3) is 5.91 Å². The van der Waals surface area contributed by atoms with Crippen molar-refractivity contribution in [1.82, 2.24) is 4.90 Å². The molecule has 1 unspecified atom stereocenters. The number of carbonyl (C=O) groups is 1. The zero-order valence-corrected chi connectivity index (χ0v) is 10.7. The van der Waals surface area contributed by atoms with Crippen LogP contribution < -0.4 is 4.74 Å². The molecule has 0 spiro atoms. The van der Waals surface area contributed by atoms with Crippen LogP contribution in [-0.4, -0.2) is 41.2 Å². The van der Waals surface area contributed by atoms with Crippen molar-refractivity contribution in [2.24, 2.45) is 0 Å². The number of hydrogen-bond acceptors (Lipinski definition) is 4. The molecule has 1 aromatic rings. The lowest BCUT2D eigenvalue weighted by Gasteiger charge is -2.21. The Morgan fingerprint density at radius 3 is 3.05 bits per heavy atom. The van der Waals surface area contributed by atoms with Crippen molar-refractivity contribution in [3.05, 3.63) is 29.8 Å². The first-order valence-corrected chi connectivity index (χ1v) is 6.24. The summed E-state index contributed by atoms with van der Waals surface area (Å²) in [6.45, 7) is 2.60. The molecule has 1 saturated heterocycles. The van der Waals surface area contributed by atoms with Gasteiger partial charge in [0.05, 0.1) is 17.7 Å². The van der Waals surface area contributed by atoms with Crippen molar-refractivity contribution in [3.8, 4) is 11.8 Å². The third-order valence-electron chi connectivity index (χ3n) is 3.10. The van der Waals surface area contributed by atoms with E-state index in [-0.39, 0.29) is 5.91 Å². The smallest absolute Gasteiger partial charge is 0.263 e. The molecule has 2 rings (SSSR count). The second-order valence-electron chi connectivity index (χ2n) is 4.63. The standard InChI is InChI=1S/C14H16N2O3/c1-10(14(18)16-6-5-12(17)9-16)19-13-4-2-3-11(7-13)8-15/h2-4,7,10,12,17H,5-6,9H2,1H3/t10?,12-/m1/s1.